The zero-order valence-electron chi connectivity index (χ0n) is 9.49. The molecule has 1 saturated heterocycles. The summed E-state index contributed by atoms with van der Waals surface area (Å²) in [5, 5.41) is 0. The van der Waals surface area contributed by atoms with E-state index in [1.54, 1.807) is 0 Å². The van der Waals surface area contributed by atoms with Crippen LogP contribution in [0.1, 0.15) is 39.3 Å². The average Bonchev–Trinajstić information content (AvgIpc) is 2.78. The van der Waals surface area contributed by atoms with Crippen molar-refractivity contribution in [3.05, 3.63) is 35.9 Å². The summed E-state index contributed by atoms with van der Waals surface area (Å²) in [6.45, 7) is 9.16. The zero-order valence-corrected chi connectivity index (χ0v) is 9.49. The maximum absolute atomic E-state index is 2.56. The molecule has 1 aliphatic heterocycles. The van der Waals surface area contributed by atoms with E-state index in [0.717, 1.165) is 0 Å². The molecule has 1 aromatic rings. The van der Waals surface area contributed by atoms with Gasteiger partial charge in [-0.3, -0.25) is 4.90 Å². The summed E-state index contributed by atoms with van der Waals surface area (Å²) in [4.78, 5) is 2.56. The molecule has 0 radical (unpaired) electrons. The minimum absolute atomic E-state index is 0.292. The fourth-order valence-corrected chi connectivity index (χ4v) is 2.47. The molecule has 0 aliphatic carbocycles. The molecule has 76 valence electrons. The van der Waals surface area contributed by atoms with Gasteiger partial charge in [0.1, 0.15) is 0 Å². The molecule has 1 unspecified atom stereocenters. The highest BCUT2D eigenvalue weighted by Crippen LogP contribution is 2.47. The maximum Gasteiger partial charge on any atom is 0.0510 e. The van der Waals surface area contributed by atoms with Crippen molar-refractivity contribution in [2.45, 2.75) is 45.3 Å². The van der Waals surface area contributed by atoms with Crippen molar-refractivity contribution in [1.82, 2.24) is 4.90 Å². The van der Waals surface area contributed by atoms with Gasteiger partial charge in [0.25, 0.3) is 0 Å². The van der Waals surface area contributed by atoms with Crippen LogP contribution >= 0.6 is 0 Å². The second-order valence-electron chi connectivity index (χ2n) is 5.17. The third-order valence-corrected chi connectivity index (χ3v) is 3.02. The molecule has 0 saturated carbocycles. The lowest BCUT2D eigenvalue weighted by atomic mass is 10.1. The van der Waals surface area contributed by atoms with Crippen molar-refractivity contribution >= 4 is 0 Å². The van der Waals surface area contributed by atoms with Gasteiger partial charge in [-0.1, -0.05) is 30.3 Å². The van der Waals surface area contributed by atoms with Crippen LogP contribution in [0.25, 0.3) is 0 Å². The normalized spacial score (nSPS) is 31.6. The molecule has 1 fully saturated rings. The molecule has 0 spiro atoms. The molecule has 0 amide bonds. The van der Waals surface area contributed by atoms with E-state index < -0.39 is 0 Å². The number of hydrogen-bond donors (Lipinski definition) is 0. The van der Waals surface area contributed by atoms with Gasteiger partial charge in [0.2, 0.25) is 0 Å². The molecule has 1 heterocycles. The Hall–Kier alpha value is -0.820. The van der Waals surface area contributed by atoms with Crippen LogP contribution in [0, 0.1) is 0 Å². The van der Waals surface area contributed by atoms with Crippen molar-refractivity contribution in [3.8, 4) is 0 Å². The summed E-state index contributed by atoms with van der Waals surface area (Å²) in [7, 11) is 0. The molecule has 0 bridgehead atoms. The van der Waals surface area contributed by atoms with Crippen molar-refractivity contribution in [1.29, 1.82) is 0 Å². The molecule has 1 aromatic carbocycles. The van der Waals surface area contributed by atoms with Gasteiger partial charge < -0.3 is 0 Å². The van der Waals surface area contributed by atoms with Gasteiger partial charge in [-0.25, -0.2) is 0 Å². The number of nitrogens with zero attached hydrogens (tertiary/aromatic N) is 1. The van der Waals surface area contributed by atoms with Crippen LogP contribution < -0.4 is 0 Å². The van der Waals surface area contributed by atoms with Gasteiger partial charge in [-0.2, -0.15) is 0 Å². The second kappa shape index (κ2) is 3.09. The predicted molar refractivity (Wildman–Crippen MR) is 60.2 cm³/mol. The van der Waals surface area contributed by atoms with Crippen LogP contribution in [-0.4, -0.2) is 16.5 Å². The highest BCUT2D eigenvalue weighted by Gasteiger charge is 2.50. The fraction of sp³-hybridized carbons (Fsp3) is 0.538. The lowest BCUT2D eigenvalue weighted by Gasteiger charge is -2.22. The number of rotatable bonds is 1. The first-order valence-electron chi connectivity index (χ1n) is 5.35. The smallest absolute Gasteiger partial charge is 0.0510 e. The topological polar surface area (TPSA) is 3.01 Å². The summed E-state index contributed by atoms with van der Waals surface area (Å²) in [6, 6.07) is 12.1. The SMILES string of the molecule is C[C@@H]1[C@H](c2ccccc2)N1C(C)(C)C. The lowest BCUT2D eigenvalue weighted by Crippen LogP contribution is -2.27. The third kappa shape index (κ3) is 1.57. The van der Waals surface area contributed by atoms with E-state index >= 15 is 0 Å². The summed E-state index contributed by atoms with van der Waals surface area (Å²) in [6.07, 6.45) is 0. The van der Waals surface area contributed by atoms with Crippen LogP contribution in [0.3, 0.4) is 0 Å². The largest absolute Gasteiger partial charge is 0.285 e. The summed E-state index contributed by atoms with van der Waals surface area (Å²) in [5.74, 6) is 0. The van der Waals surface area contributed by atoms with Gasteiger partial charge in [-0.05, 0) is 33.3 Å². The summed E-state index contributed by atoms with van der Waals surface area (Å²) >= 11 is 0. The van der Waals surface area contributed by atoms with Crippen molar-refractivity contribution in [2.75, 3.05) is 0 Å². The van der Waals surface area contributed by atoms with E-state index in [1.807, 2.05) is 0 Å². The van der Waals surface area contributed by atoms with E-state index in [9.17, 15) is 0 Å². The van der Waals surface area contributed by atoms with Crippen LogP contribution in [0.4, 0.5) is 0 Å². The molecule has 14 heavy (non-hydrogen) atoms. The Balaban J connectivity index is 2.18. The molecule has 3 atom stereocenters. The molecular weight excluding hydrogens is 170 g/mol. The molecule has 0 N–H and O–H groups in total. The van der Waals surface area contributed by atoms with Gasteiger partial charge in [-0.15, -0.1) is 0 Å². The Bertz CT molecular complexity index is 310. The summed E-state index contributed by atoms with van der Waals surface area (Å²) < 4.78 is 0. The molecule has 1 nitrogen and oxygen atoms in total. The van der Waals surface area contributed by atoms with Gasteiger partial charge >= 0.3 is 0 Å². The molecule has 1 heteroatoms. The minimum Gasteiger partial charge on any atom is -0.285 e. The van der Waals surface area contributed by atoms with Crippen molar-refractivity contribution in [3.63, 3.8) is 0 Å². The Labute approximate surface area is 86.7 Å². The first kappa shape index (κ1) is 9.72. The van der Waals surface area contributed by atoms with E-state index in [-0.39, 0.29) is 0 Å². The first-order chi connectivity index (χ1) is 6.52. The third-order valence-electron chi connectivity index (χ3n) is 3.02. The van der Waals surface area contributed by atoms with Gasteiger partial charge in [0.05, 0.1) is 6.04 Å². The Kier molecular flexibility index (Phi) is 2.15. The maximum atomic E-state index is 2.56. The van der Waals surface area contributed by atoms with E-state index in [2.05, 4.69) is 62.9 Å². The van der Waals surface area contributed by atoms with Crippen molar-refractivity contribution in [2.24, 2.45) is 0 Å². The number of benzene rings is 1. The van der Waals surface area contributed by atoms with Crippen LogP contribution in [-0.2, 0) is 0 Å². The lowest BCUT2D eigenvalue weighted by molar-refractivity contribution is 0.273. The monoisotopic (exact) mass is 189 g/mol. The standard InChI is InChI=1S/C13H19N/c1-10-12(14(10)13(2,3)4)11-8-6-5-7-9-11/h5-10,12H,1-4H3/t10-,12-,14?/m1/s1. The number of hydrogen-bond acceptors (Lipinski definition) is 1. The fourth-order valence-electron chi connectivity index (χ4n) is 2.47. The average molecular weight is 189 g/mol. The second-order valence-corrected chi connectivity index (χ2v) is 5.17. The minimum atomic E-state index is 0.292. The van der Waals surface area contributed by atoms with Crippen LogP contribution in [0.2, 0.25) is 0 Å². The molecule has 0 aromatic heterocycles. The van der Waals surface area contributed by atoms with E-state index in [0.29, 0.717) is 17.6 Å². The predicted octanol–water partition coefficient (Wildman–Crippen LogP) is 3.23. The molecule has 2 rings (SSSR count). The van der Waals surface area contributed by atoms with E-state index in [1.165, 1.54) is 5.56 Å². The highest BCUT2D eigenvalue weighted by atomic mass is 15.4. The Morgan fingerprint density at radius 2 is 1.64 bits per heavy atom. The Morgan fingerprint density at radius 1 is 1.07 bits per heavy atom. The quantitative estimate of drug-likeness (QED) is 0.613. The Morgan fingerprint density at radius 3 is 2.07 bits per heavy atom. The van der Waals surface area contributed by atoms with E-state index in [4.69, 9.17) is 0 Å². The van der Waals surface area contributed by atoms with Crippen LogP contribution in [0.5, 0.6) is 0 Å². The highest BCUT2D eigenvalue weighted by molar-refractivity contribution is 5.27. The van der Waals surface area contributed by atoms with Crippen molar-refractivity contribution < 1.29 is 0 Å². The molecule has 1 aliphatic rings. The summed E-state index contributed by atoms with van der Waals surface area (Å²) in [5.41, 5.74) is 1.75. The zero-order chi connectivity index (χ0) is 10.3. The van der Waals surface area contributed by atoms with Crippen LogP contribution in [0.15, 0.2) is 30.3 Å². The van der Waals surface area contributed by atoms with Gasteiger partial charge in [0, 0.05) is 11.6 Å². The first-order valence-corrected chi connectivity index (χ1v) is 5.35. The van der Waals surface area contributed by atoms with Gasteiger partial charge in [0.15, 0.2) is 0 Å². The molecular formula is C13H19N.